The molecule has 128 valence electrons. The second kappa shape index (κ2) is 9.46. The van der Waals surface area contributed by atoms with Crippen LogP contribution in [0.2, 0.25) is 0 Å². The minimum atomic E-state index is -0.236. The van der Waals surface area contributed by atoms with Crippen molar-refractivity contribution in [3.05, 3.63) is 47.9 Å². The molecule has 0 radical (unpaired) electrons. The molecule has 1 aromatic carbocycles. The SMILES string of the molecule is COCCCNC(=O)c1cnc(NCc2ccc(OC)cc2)cn1. The molecule has 0 spiro atoms. The molecule has 1 heterocycles. The van der Waals surface area contributed by atoms with Gasteiger partial charge in [0.05, 0.1) is 19.5 Å². The van der Waals surface area contributed by atoms with Gasteiger partial charge in [0.25, 0.3) is 5.91 Å². The molecule has 0 aliphatic rings. The molecule has 24 heavy (non-hydrogen) atoms. The van der Waals surface area contributed by atoms with Crippen molar-refractivity contribution in [2.45, 2.75) is 13.0 Å². The summed E-state index contributed by atoms with van der Waals surface area (Å²) in [5.74, 6) is 1.20. The number of carbonyl (C=O) groups excluding carboxylic acids is 1. The predicted octanol–water partition coefficient (Wildman–Crippen LogP) is 1.86. The number of amides is 1. The van der Waals surface area contributed by atoms with E-state index in [2.05, 4.69) is 20.6 Å². The van der Waals surface area contributed by atoms with E-state index in [0.717, 1.165) is 17.7 Å². The van der Waals surface area contributed by atoms with Crippen LogP contribution in [0.25, 0.3) is 0 Å². The van der Waals surface area contributed by atoms with Gasteiger partial charge < -0.3 is 20.1 Å². The van der Waals surface area contributed by atoms with Crippen molar-refractivity contribution in [1.29, 1.82) is 0 Å². The Balaban J connectivity index is 1.81. The quantitative estimate of drug-likeness (QED) is 0.683. The lowest BCUT2D eigenvalue weighted by atomic mass is 10.2. The van der Waals surface area contributed by atoms with Gasteiger partial charge >= 0.3 is 0 Å². The van der Waals surface area contributed by atoms with Crippen LogP contribution in [-0.4, -0.2) is 43.2 Å². The lowest BCUT2D eigenvalue weighted by molar-refractivity contribution is 0.0943. The third-order valence-corrected chi connectivity index (χ3v) is 3.33. The number of hydrogen-bond acceptors (Lipinski definition) is 6. The average Bonchev–Trinajstić information content (AvgIpc) is 2.64. The Morgan fingerprint density at radius 3 is 2.54 bits per heavy atom. The summed E-state index contributed by atoms with van der Waals surface area (Å²) >= 11 is 0. The van der Waals surface area contributed by atoms with Crippen LogP contribution in [0.1, 0.15) is 22.5 Å². The minimum absolute atomic E-state index is 0.236. The van der Waals surface area contributed by atoms with Crippen molar-refractivity contribution in [3.63, 3.8) is 0 Å². The Hall–Kier alpha value is -2.67. The summed E-state index contributed by atoms with van der Waals surface area (Å²) in [6.07, 6.45) is 3.77. The first-order chi connectivity index (χ1) is 11.7. The Kier molecular flexibility index (Phi) is 6.97. The lowest BCUT2D eigenvalue weighted by Gasteiger charge is -2.07. The Labute approximate surface area is 141 Å². The van der Waals surface area contributed by atoms with Crippen molar-refractivity contribution < 1.29 is 14.3 Å². The van der Waals surface area contributed by atoms with Crippen LogP contribution >= 0.6 is 0 Å². The number of benzene rings is 1. The second-order valence-electron chi connectivity index (χ2n) is 5.09. The highest BCUT2D eigenvalue weighted by Gasteiger charge is 2.07. The van der Waals surface area contributed by atoms with Gasteiger partial charge in [-0.1, -0.05) is 12.1 Å². The van der Waals surface area contributed by atoms with Gasteiger partial charge in [-0.15, -0.1) is 0 Å². The summed E-state index contributed by atoms with van der Waals surface area (Å²) in [5.41, 5.74) is 1.39. The topological polar surface area (TPSA) is 85.4 Å². The van der Waals surface area contributed by atoms with Crippen molar-refractivity contribution in [2.24, 2.45) is 0 Å². The molecule has 2 aromatic rings. The first-order valence-electron chi connectivity index (χ1n) is 7.69. The van der Waals surface area contributed by atoms with E-state index in [1.807, 2.05) is 24.3 Å². The van der Waals surface area contributed by atoms with Gasteiger partial charge in [0, 0.05) is 26.8 Å². The van der Waals surface area contributed by atoms with Crippen LogP contribution in [-0.2, 0) is 11.3 Å². The normalized spacial score (nSPS) is 10.2. The van der Waals surface area contributed by atoms with E-state index in [4.69, 9.17) is 9.47 Å². The summed E-state index contributed by atoms with van der Waals surface area (Å²) < 4.78 is 10.0. The number of nitrogens with one attached hydrogen (secondary N) is 2. The van der Waals surface area contributed by atoms with E-state index < -0.39 is 0 Å². The molecule has 2 rings (SSSR count). The molecular formula is C17H22N4O3. The zero-order chi connectivity index (χ0) is 17.2. The molecule has 0 aliphatic carbocycles. The van der Waals surface area contributed by atoms with Crippen LogP contribution in [0.5, 0.6) is 5.75 Å². The van der Waals surface area contributed by atoms with Crippen LogP contribution in [0, 0.1) is 0 Å². The smallest absolute Gasteiger partial charge is 0.271 e. The first kappa shape index (κ1) is 17.7. The predicted molar refractivity (Wildman–Crippen MR) is 91.2 cm³/mol. The molecule has 7 nitrogen and oxygen atoms in total. The molecule has 0 aliphatic heterocycles. The molecule has 0 saturated carbocycles. The van der Waals surface area contributed by atoms with E-state index >= 15 is 0 Å². The molecular weight excluding hydrogens is 308 g/mol. The molecule has 0 unspecified atom stereocenters. The highest BCUT2D eigenvalue weighted by molar-refractivity contribution is 5.91. The van der Waals surface area contributed by atoms with E-state index in [0.29, 0.717) is 31.2 Å². The first-order valence-corrected chi connectivity index (χ1v) is 7.69. The fraction of sp³-hybridized carbons (Fsp3) is 0.353. The van der Waals surface area contributed by atoms with Crippen LogP contribution in [0.15, 0.2) is 36.7 Å². The zero-order valence-electron chi connectivity index (χ0n) is 13.9. The Morgan fingerprint density at radius 2 is 1.92 bits per heavy atom. The van der Waals surface area contributed by atoms with E-state index in [1.165, 1.54) is 6.20 Å². The summed E-state index contributed by atoms with van der Waals surface area (Å²) in [4.78, 5) is 20.2. The second-order valence-corrected chi connectivity index (χ2v) is 5.09. The van der Waals surface area contributed by atoms with E-state index in [9.17, 15) is 4.79 Å². The molecule has 2 N–H and O–H groups in total. The van der Waals surface area contributed by atoms with Crippen LogP contribution in [0.4, 0.5) is 5.82 Å². The molecule has 1 aromatic heterocycles. The fourth-order valence-electron chi connectivity index (χ4n) is 1.98. The molecule has 0 bridgehead atoms. The summed E-state index contributed by atoms with van der Waals surface area (Å²) in [6.45, 7) is 1.77. The number of anilines is 1. The highest BCUT2D eigenvalue weighted by Crippen LogP contribution is 2.12. The van der Waals surface area contributed by atoms with Crippen LogP contribution < -0.4 is 15.4 Å². The Morgan fingerprint density at radius 1 is 1.12 bits per heavy atom. The van der Waals surface area contributed by atoms with Gasteiger partial charge in [-0.3, -0.25) is 4.79 Å². The number of hydrogen-bond donors (Lipinski definition) is 2. The van der Waals surface area contributed by atoms with E-state index in [1.54, 1.807) is 20.4 Å². The monoisotopic (exact) mass is 330 g/mol. The largest absolute Gasteiger partial charge is 0.497 e. The highest BCUT2D eigenvalue weighted by atomic mass is 16.5. The summed E-state index contributed by atoms with van der Waals surface area (Å²) in [7, 11) is 3.27. The number of methoxy groups -OCH3 is 2. The maximum Gasteiger partial charge on any atom is 0.271 e. The molecule has 0 fully saturated rings. The lowest BCUT2D eigenvalue weighted by Crippen LogP contribution is -2.26. The Bertz CT molecular complexity index is 629. The number of carbonyl (C=O) groups is 1. The average molecular weight is 330 g/mol. The maximum absolute atomic E-state index is 11.9. The number of rotatable bonds is 9. The zero-order valence-corrected chi connectivity index (χ0v) is 13.9. The maximum atomic E-state index is 11.9. The van der Waals surface area contributed by atoms with Gasteiger partial charge in [-0.05, 0) is 24.1 Å². The van der Waals surface area contributed by atoms with Gasteiger partial charge in [0.2, 0.25) is 0 Å². The summed E-state index contributed by atoms with van der Waals surface area (Å²) in [5, 5.41) is 5.93. The van der Waals surface area contributed by atoms with Crippen LogP contribution in [0.3, 0.4) is 0 Å². The molecule has 1 amide bonds. The van der Waals surface area contributed by atoms with Crippen molar-refractivity contribution in [3.8, 4) is 5.75 Å². The minimum Gasteiger partial charge on any atom is -0.497 e. The van der Waals surface area contributed by atoms with Crippen molar-refractivity contribution >= 4 is 11.7 Å². The standard InChI is InChI=1S/C17H22N4O3/c1-23-9-3-8-18-17(22)15-11-21-16(12-19-15)20-10-13-4-6-14(24-2)7-5-13/h4-7,11-12H,3,8-10H2,1-2H3,(H,18,22)(H,20,21). The van der Waals surface area contributed by atoms with Gasteiger partial charge in [-0.2, -0.15) is 0 Å². The van der Waals surface area contributed by atoms with Gasteiger partial charge in [0.15, 0.2) is 0 Å². The number of aromatic nitrogens is 2. The third kappa shape index (κ3) is 5.51. The molecule has 0 saturated heterocycles. The molecule has 7 heteroatoms. The van der Waals surface area contributed by atoms with Gasteiger partial charge in [-0.25, -0.2) is 9.97 Å². The third-order valence-electron chi connectivity index (χ3n) is 3.33. The number of nitrogens with zero attached hydrogens (tertiary/aromatic N) is 2. The summed E-state index contributed by atoms with van der Waals surface area (Å²) in [6, 6.07) is 7.75. The van der Waals surface area contributed by atoms with Crippen molar-refractivity contribution in [2.75, 3.05) is 32.7 Å². The van der Waals surface area contributed by atoms with Crippen molar-refractivity contribution in [1.82, 2.24) is 15.3 Å². The fourth-order valence-corrected chi connectivity index (χ4v) is 1.98. The van der Waals surface area contributed by atoms with E-state index in [-0.39, 0.29) is 5.91 Å². The molecule has 0 atom stereocenters. The number of ether oxygens (including phenoxy) is 2. The van der Waals surface area contributed by atoms with Gasteiger partial charge in [0.1, 0.15) is 17.3 Å².